The topological polar surface area (TPSA) is 107 Å². The number of amides is 2. The summed E-state index contributed by atoms with van der Waals surface area (Å²) in [5, 5.41) is 14.3. The molecule has 0 bridgehead atoms. The van der Waals surface area contributed by atoms with Gasteiger partial charge in [0.1, 0.15) is 23.2 Å². The Morgan fingerprint density at radius 3 is 2.13 bits per heavy atom. The van der Waals surface area contributed by atoms with Crippen molar-refractivity contribution in [3.63, 3.8) is 0 Å². The number of likely N-dealkylation sites (tertiary alicyclic amines) is 1. The molecule has 0 aromatic heterocycles. The number of aliphatic hydroxyl groups excluding tert-OH is 1. The molecule has 1 saturated heterocycles. The van der Waals surface area contributed by atoms with Crippen LogP contribution in [0.3, 0.4) is 0 Å². The van der Waals surface area contributed by atoms with Gasteiger partial charge in [-0.2, -0.15) is 0 Å². The molecule has 1 aliphatic heterocycles. The summed E-state index contributed by atoms with van der Waals surface area (Å²) < 4.78 is 24.1. The number of methoxy groups -OCH3 is 2. The Morgan fingerprint density at radius 2 is 1.46 bits per heavy atom. The van der Waals surface area contributed by atoms with Crippen LogP contribution in [-0.2, 0) is 19.9 Å². The van der Waals surface area contributed by atoms with Crippen LogP contribution in [0.4, 0.5) is 4.79 Å². The molecule has 2 amide bonds. The number of ether oxygens (including phenoxy) is 4. The average molecular weight is 945 g/mol. The van der Waals surface area contributed by atoms with Crippen molar-refractivity contribution in [2.45, 2.75) is 149 Å². The number of allylic oxidation sites excluding steroid dienone is 1. The first-order chi connectivity index (χ1) is 33.3. The van der Waals surface area contributed by atoms with E-state index in [0.717, 1.165) is 95.8 Å². The third-order valence-electron chi connectivity index (χ3n) is 18.3. The highest BCUT2D eigenvalue weighted by molar-refractivity contribution is 5.76. The standard InChI is InChI=1S/C60H84N2O7/c1-41(2)15-14-16-42(3)52-30-31-53-51-29-24-47-37-50(32-34-58(47,4)54(51)33-35-59(52,53)5)69-57(65)61-36-13-9-12-19-56(64)62-38-43(55(63)39-62)40-68-60(44-17-10-8-11-18-44,45-20-25-48(66-6)26-21-45)46-22-27-49(67-7)28-23-46/h8,10-11,17-18,20-28,41-43,50-55,63H,9,12-16,19,29-40H2,1-7H3,(H,61,65)/t42?,43?,50-,51?,52+,53?,54?,55?,58-,59+/m0/s1. The molecular weight excluding hydrogens is 861 g/mol. The number of fused-ring (bicyclic) bond motifs is 5. The first-order valence-corrected chi connectivity index (χ1v) is 26.9. The number of carbonyl (C=O) groups is 2. The molecule has 10 atom stereocenters. The van der Waals surface area contributed by atoms with Crippen LogP contribution in [-0.4, -0.2) is 74.7 Å². The Bertz CT molecular complexity index is 2130. The van der Waals surface area contributed by atoms with E-state index in [2.05, 4.69) is 58.1 Å². The zero-order valence-corrected chi connectivity index (χ0v) is 43.1. The van der Waals surface area contributed by atoms with Gasteiger partial charge in [-0.05, 0) is 145 Å². The van der Waals surface area contributed by atoms with Gasteiger partial charge in [-0.3, -0.25) is 4.79 Å². The Balaban J connectivity index is 0.774. The van der Waals surface area contributed by atoms with Crippen molar-refractivity contribution in [3.05, 3.63) is 107 Å². The number of β-amino-alcohol motifs (C(OH)–C–C–N with tert-alkyl or cyclic N) is 1. The number of carbonyl (C=O) groups excluding carboxylic acids is 2. The fourth-order valence-corrected chi connectivity index (χ4v) is 14.4. The maximum absolute atomic E-state index is 13.5. The highest BCUT2D eigenvalue weighted by atomic mass is 16.6. The number of alkyl carbamates (subject to hydrolysis) is 1. The van der Waals surface area contributed by atoms with Crippen LogP contribution >= 0.6 is 0 Å². The molecule has 3 aromatic rings. The van der Waals surface area contributed by atoms with E-state index < -0.39 is 11.7 Å². The summed E-state index contributed by atoms with van der Waals surface area (Å²) in [5.41, 5.74) is 4.04. The van der Waals surface area contributed by atoms with Crippen molar-refractivity contribution in [3.8, 4) is 11.5 Å². The molecule has 3 saturated carbocycles. The van der Waals surface area contributed by atoms with Gasteiger partial charge in [0.25, 0.3) is 0 Å². The minimum atomic E-state index is -1.00. The number of benzene rings is 3. The molecule has 9 nitrogen and oxygen atoms in total. The molecule has 69 heavy (non-hydrogen) atoms. The number of aliphatic hydroxyl groups is 1. The second-order valence-electron chi connectivity index (χ2n) is 22.7. The number of nitrogens with one attached hydrogen (secondary N) is 1. The van der Waals surface area contributed by atoms with E-state index in [0.29, 0.717) is 31.3 Å². The lowest BCUT2D eigenvalue weighted by Crippen LogP contribution is -2.51. The first kappa shape index (κ1) is 51.0. The van der Waals surface area contributed by atoms with Crippen molar-refractivity contribution in [1.29, 1.82) is 0 Å². The van der Waals surface area contributed by atoms with Crippen molar-refractivity contribution < 1.29 is 33.6 Å². The predicted octanol–water partition coefficient (Wildman–Crippen LogP) is 12.5. The lowest BCUT2D eigenvalue weighted by atomic mass is 9.47. The Labute approximate surface area is 414 Å². The third kappa shape index (κ3) is 11.0. The van der Waals surface area contributed by atoms with E-state index in [1.54, 1.807) is 24.7 Å². The van der Waals surface area contributed by atoms with Crippen molar-refractivity contribution in [2.75, 3.05) is 40.5 Å². The van der Waals surface area contributed by atoms with Crippen molar-refractivity contribution in [2.24, 2.45) is 52.3 Å². The molecule has 1 heterocycles. The predicted molar refractivity (Wildman–Crippen MR) is 274 cm³/mol. The van der Waals surface area contributed by atoms with E-state index in [1.165, 1.54) is 51.4 Å². The zero-order chi connectivity index (χ0) is 48.8. The van der Waals surface area contributed by atoms with E-state index in [1.807, 2.05) is 66.7 Å². The third-order valence-corrected chi connectivity index (χ3v) is 18.3. The van der Waals surface area contributed by atoms with Gasteiger partial charge in [0, 0.05) is 38.4 Å². The van der Waals surface area contributed by atoms with Gasteiger partial charge in [0.2, 0.25) is 5.91 Å². The summed E-state index contributed by atoms with van der Waals surface area (Å²) in [5.74, 6) is 6.14. The quantitative estimate of drug-likeness (QED) is 0.0660. The van der Waals surface area contributed by atoms with E-state index in [-0.39, 0.29) is 42.6 Å². The van der Waals surface area contributed by atoms with Gasteiger partial charge in [-0.15, -0.1) is 0 Å². The number of hydrogen-bond acceptors (Lipinski definition) is 7. The van der Waals surface area contributed by atoms with Crippen LogP contribution in [0.1, 0.15) is 148 Å². The fourth-order valence-electron chi connectivity index (χ4n) is 14.4. The summed E-state index contributed by atoms with van der Waals surface area (Å²) in [6.45, 7) is 14.0. The summed E-state index contributed by atoms with van der Waals surface area (Å²) in [6.07, 6.45) is 18.0. The van der Waals surface area contributed by atoms with Crippen LogP contribution in [0.5, 0.6) is 11.5 Å². The molecule has 5 aliphatic rings. The molecule has 4 fully saturated rings. The van der Waals surface area contributed by atoms with Crippen LogP contribution in [0.2, 0.25) is 0 Å². The number of unbranched alkanes of at least 4 members (excludes halogenated alkanes) is 2. The largest absolute Gasteiger partial charge is 0.497 e. The summed E-state index contributed by atoms with van der Waals surface area (Å²) in [6, 6.07) is 25.9. The average Bonchev–Trinajstić information content (AvgIpc) is 3.92. The van der Waals surface area contributed by atoms with Gasteiger partial charge >= 0.3 is 6.09 Å². The molecule has 0 radical (unpaired) electrons. The number of hydrogen-bond donors (Lipinski definition) is 2. The van der Waals surface area contributed by atoms with Crippen LogP contribution in [0.25, 0.3) is 0 Å². The highest BCUT2D eigenvalue weighted by Crippen LogP contribution is 2.67. The van der Waals surface area contributed by atoms with Gasteiger partial charge in [0.05, 0.1) is 26.9 Å². The molecule has 8 rings (SSSR count). The summed E-state index contributed by atoms with van der Waals surface area (Å²) in [4.78, 5) is 28.3. The summed E-state index contributed by atoms with van der Waals surface area (Å²) in [7, 11) is 3.30. The summed E-state index contributed by atoms with van der Waals surface area (Å²) >= 11 is 0. The molecular formula is C60H84N2O7. The fraction of sp³-hybridized carbons (Fsp3) is 0.633. The van der Waals surface area contributed by atoms with Crippen molar-refractivity contribution >= 4 is 12.0 Å². The molecule has 2 N–H and O–H groups in total. The first-order valence-electron chi connectivity index (χ1n) is 26.9. The second kappa shape index (κ2) is 22.4. The van der Waals surface area contributed by atoms with Crippen LogP contribution in [0.15, 0.2) is 90.5 Å². The minimum absolute atomic E-state index is 0.0352. The maximum Gasteiger partial charge on any atom is 0.407 e. The number of rotatable bonds is 20. The molecule has 9 heteroatoms. The molecule has 3 aromatic carbocycles. The van der Waals surface area contributed by atoms with Crippen molar-refractivity contribution in [1.82, 2.24) is 10.2 Å². The number of nitrogens with zero attached hydrogens (tertiary/aromatic N) is 1. The molecule has 0 spiro atoms. The smallest absolute Gasteiger partial charge is 0.407 e. The SMILES string of the molecule is COc1ccc(C(OCC2CN(C(=O)CCCCCNC(=O)O[C@H]3CC[C@@]4(C)C(=CCC5C4CC[C@@]4(C)C5CC[C@@H]4C(C)CCCC(C)C)C3)CC2O)(c2ccccc2)c2ccc(OC)cc2)cc1. The molecule has 376 valence electrons. The second-order valence-corrected chi connectivity index (χ2v) is 22.7. The van der Waals surface area contributed by atoms with Crippen LogP contribution in [0, 0.1) is 52.3 Å². The van der Waals surface area contributed by atoms with Gasteiger partial charge in [-0.1, -0.05) is 127 Å². The van der Waals surface area contributed by atoms with Crippen LogP contribution < -0.4 is 14.8 Å². The normalized spacial score (nSPS) is 29.1. The Morgan fingerprint density at radius 1 is 0.783 bits per heavy atom. The van der Waals surface area contributed by atoms with E-state index >= 15 is 0 Å². The van der Waals surface area contributed by atoms with E-state index in [9.17, 15) is 14.7 Å². The maximum atomic E-state index is 13.5. The molecule has 4 aliphatic carbocycles. The van der Waals surface area contributed by atoms with Gasteiger partial charge in [0.15, 0.2) is 0 Å². The zero-order valence-electron chi connectivity index (χ0n) is 43.1. The molecule has 6 unspecified atom stereocenters. The lowest BCUT2D eigenvalue weighted by Gasteiger charge is -2.58. The lowest BCUT2D eigenvalue weighted by molar-refractivity contribution is -0.130. The highest BCUT2D eigenvalue weighted by Gasteiger charge is 2.59. The van der Waals surface area contributed by atoms with Gasteiger partial charge in [-0.25, -0.2) is 4.79 Å². The minimum Gasteiger partial charge on any atom is -0.497 e. The van der Waals surface area contributed by atoms with Gasteiger partial charge < -0.3 is 34.3 Å². The monoisotopic (exact) mass is 945 g/mol. The Hall–Kier alpha value is -4.34. The van der Waals surface area contributed by atoms with E-state index in [4.69, 9.17) is 18.9 Å². The Kier molecular flexibility index (Phi) is 16.6.